The largest absolute Gasteiger partial charge is 0.326 e. The number of carbonyl (C=O) groups is 2. The molecular weight excluding hydrogens is 232 g/mol. The zero-order valence-corrected chi connectivity index (χ0v) is 11.0. The standard InChI is InChI=1S/C12H18N4O2/c1-7-5-11(3,15-9(17)13-7)12(4)6-8(2)14-10(18)16-12/h5-6H,1-4H3,(H2,13,15,17)(H2,14,16,18)/t11-,12-/m0/s1. The molecule has 0 aromatic heterocycles. The number of hydrogen-bond acceptors (Lipinski definition) is 2. The lowest BCUT2D eigenvalue weighted by atomic mass is 9.76. The Labute approximate surface area is 106 Å². The molecule has 2 heterocycles. The fraction of sp³-hybridized carbons (Fsp3) is 0.500. The molecule has 6 nitrogen and oxygen atoms in total. The molecule has 0 unspecified atom stereocenters. The highest BCUT2D eigenvalue weighted by Gasteiger charge is 2.47. The van der Waals surface area contributed by atoms with Gasteiger partial charge < -0.3 is 21.3 Å². The molecule has 0 fully saturated rings. The van der Waals surface area contributed by atoms with Crippen molar-refractivity contribution in [2.75, 3.05) is 0 Å². The van der Waals surface area contributed by atoms with Crippen LogP contribution in [0.4, 0.5) is 9.59 Å². The van der Waals surface area contributed by atoms with Gasteiger partial charge in [-0.1, -0.05) is 0 Å². The average molecular weight is 250 g/mol. The molecule has 0 radical (unpaired) electrons. The fourth-order valence-corrected chi connectivity index (χ4v) is 2.46. The first-order chi connectivity index (χ1) is 8.24. The second kappa shape index (κ2) is 3.76. The average Bonchev–Trinajstić information content (AvgIpc) is 2.11. The second-order valence-electron chi connectivity index (χ2n) is 5.22. The number of hydrogen-bond donors (Lipinski definition) is 4. The summed E-state index contributed by atoms with van der Waals surface area (Å²) in [6.07, 6.45) is 3.81. The number of carbonyl (C=O) groups excluding carboxylic acids is 2. The van der Waals surface area contributed by atoms with Crippen molar-refractivity contribution in [1.82, 2.24) is 21.3 Å². The van der Waals surface area contributed by atoms with E-state index in [1.165, 1.54) is 0 Å². The van der Waals surface area contributed by atoms with Crippen molar-refractivity contribution >= 4 is 12.1 Å². The zero-order chi connectivity index (χ0) is 13.6. The summed E-state index contributed by atoms with van der Waals surface area (Å²) in [5, 5.41) is 11.1. The molecular formula is C12H18N4O2. The van der Waals surface area contributed by atoms with Crippen LogP contribution in [0.25, 0.3) is 0 Å². The van der Waals surface area contributed by atoms with Crippen molar-refractivity contribution in [2.45, 2.75) is 38.8 Å². The van der Waals surface area contributed by atoms with Gasteiger partial charge in [-0.3, -0.25) is 0 Å². The zero-order valence-electron chi connectivity index (χ0n) is 11.0. The van der Waals surface area contributed by atoms with Crippen LogP contribution in [0.5, 0.6) is 0 Å². The molecule has 4 amide bonds. The maximum atomic E-state index is 11.6. The van der Waals surface area contributed by atoms with Crippen molar-refractivity contribution in [2.24, 2.45) is 0 Å². The van der Waals surface area contributed by atoms with Crippen LogP contribution in [0.15, 0.2) is 23.5 Å². The van der Waals surface area contributed by atoms with Gasteiger partial charge in [-0.25, -0.2) is 9.59 Å². The quantitative estimate of drug-likeness (QED) is 0.558. The predicted molar refractivity (Wildman–Crippen MR) is 67.7 cm³/mol. The van der Waals surface area contributed by atoms with Crippen molar-refractivity contribution in [3.05, 3.63) is 23.5 Å². The third kappa shape index (κ3) is 1.94. The minimum absolute atomic E-state index is 0.266. The summed E-state index contributed by atoms with van der Waals surface area (Å²) in [4.78, 5) is 23.2. The number of nitrogens with one attached hydrogen (secondary N) is 4. The third-order valence-electron chi connectivity index (χ3n) is 3.46. The smallest absolute Gasteiger partial charge is 0.319 e. The molecule has 2 aliphatic rings. The highest BCUT2D eigenvalue weighted by molar-refractivity contribution is 5.82. The second-order valence-corrected chi connectivity index (χ2v) is 5.22. The summed E-state index contributed by atoms with van der Waals surface area (Å²) in [5.74, 6) is 0. The Bertz CT molecular complexity index is 438. The molecule has 0 aliphatic carbocycles. The van der Waals surface area contributed by atoms with Crippen molar-refractivity contribution in [1.29, 1.82) is 0 Å². The first kappa shape index (κ1) is 12.5. The molecule has 2 rings (SSSR count). The Hall–Kier alpha value is -1.98. The van der Waals surface area contributed by atoms with Gasteiger partial charge in [-0.05, 0) is 39.8 Å². The molecule has 2 atom stereocenters. The summed E-state index contributed by atoms with van der Waals surface area (Å²) < 4.78 is 0. The lowest BCUT2D eigenvalue weighted by Gasteiger charge is -2.47. The summed E-state index contributed by atoms with van der Waals surface area (Å²) in [5.41, 5.74) is 0.166. The molecule has 0 saturated heterocycles. The molecule has 2 aliphatic heterocycles. The van der Waals surface area contributed by atoms with Crippen LogP contribution in [-0.2, 0) is 0 Å². The minimum atomic E-state index is -0.682. The molecule has 6 heteroatoms. The van der Waals surface area contributed by atoms with Gasteiger partial charge in [0.15, 0.2) is 0 Å². The monoisotopic (exact) mass is 250 g/mol. The van der Waals surface area contributed by atoms with Crippen LogP contribution in [0, 0.1) is 0 Å². The van der Waals surface area contributed by atoms with E-state index >= 15 is 0 Å². The molecule has 98 valence electrons. The van der Waals surface area contributed by atoms with Crippen molar-refractivity contribution < 1.29 is 9.59 Å². The SMILES string of the molecule is CC1=C[C@@](C)([C@]2(C)C=C(C)NC(=O)N2)NC(=O)N1. The van der Waals surface area contributed by atoms with Crippen molar-refractivity contribution in [3.8, 4) is 0 Å². The van der Waals surface area contributed by atoms with E-state index in [4.69, 9.17) is 0 Å². The Morgan fingerprint density at radius 3 is 1.44 bits per heavy atom. The number of allylic oxidation sites excluding steroid dienone is 2. The van der Waals surface area contributed by atoms with Crippen LogP contribution < -0.4 is 21.3 Å². The van der Waals surface area contributed by atoms with Gasteiger partial charge in [0.1, 0.15) is 0 Å². The van der Waals surface area contributed by atoms with Gasteiger partial charge in [0.05, 0.1) is 11.1 Å². The van der Waals surface area contributed by atoms with E-state index in [-0.39, 0.29) is 12.1 Å². The molecule has 0 spiro atoms. The van der Waals surface area contributed by atoms with Gasteiger partial charge in [0.2, 0.25) is 0 Å². The molecule has 0 bridgehead atoms. The predicted octanol–water partition coefficient (Wildman–Crippen LogP) is 0.937. The first-order valence-corrected chi connectivity index (χ1v) is 5.81. The van der Waals surface area contributed by atoms with Gasteiger partial charge in [-0.15, -0.1) is 0 Å². The minimum Gasteiger partial charge on any atom is -0.326 e. The Balaban J connectivity index is 2.46. The Morgan fingerprint density at radius 2 is 1.17 bits per heavy atom. The lowest BCUT2D eigenvalue weighted by Crippen LogP contribution is -2.71. The van der Waals surface area contributed by atoms with Crippen LogP contribution in [0.3, 0.4) is 0 Å². The van der Waals surface area contributed by atoms with E-state index in [0.717, 1.165) is 11.4 Å². The lowest BCUT2D eigenvalue weighted by molar-refractivity contribution is 0.195. The van der Waals surface area contributed by atoms with Crippen LogP contribution in [-0.4, -0.2) is 23.1 Å². The topological polar surface area (TPSA) is 82.3 Å². The fourth-order valence-electron chi connectivity index (χ4n) is 2.46. The van der Waals surface area contributed by atoms with Crippen LogP contribution in [0.1, 0.15) is 27.7 Å². The Morgan fingerprint density at radius 1 is 0.833 bits per heavy atom. The van der Waals surface area contributed by atoms with E-state index in [0.29, 0.717) is 0 Å². The third-order valence-corrected chi connectivity index (χ3v) is 3.46. The number of amides is 4. The van der Waals surface area contributed by atoms with Crippen molar-refractivity contribution in [3.63, 3.8) is 0 Å². The van der Waals surface area contributed by atoms with Gasteiger partial charge in [0, 0.05) is 11.4 Å². The van der Waals surface area contributed by atoms with E-state index in [1.807, 2.05) is 39.8 Å². The summed E-state index contributed by atoms with van der Waals surface area (Å²) in [6.45, 7) is 7.40. The number of urea groups is 2. The molecule has 0 aromatic rings. The van der Waals surface area contributed by atoms with Gasteiger partial charge in [-0.2, -0.15) is 0 Å². The van der Waals surface area contributed by atoms with Crippen LogP contribution in [0.2, 0.25) is 0 Å². The highest BCUT2D eigenvalue weighted by Crippen LogP contribution is 2.30. The van der Waals surface area contributed by atoms with E-state index in [9.17, 15) is 9.59 Å². The van der Waals surface area contributed by atoms with E-state index in [2.05, 4.69) is 21.3 Å². The van der Waals surface area contributed by atoms with Gasteiger partial charge in [0.25, 0.3) is 0 Å². The normalized spacial score (nSPS) is 35.6. The maximum absolute atomic E-state index is 11.6. The summed E-state index contributed by atoms with van der Waals surface area (Å²) >= 11 is 0. The van der Waals surface area contributed by atoms with Gasteiger partial charge >= 0.3 is 12.1 Å². The number of rotatable bonds is 1. The maximum Gasteiger partial charge on any atom is 0.319 e. The van der Waals surface area contributed by atoms with E-state index < -0.39 is 11.1 Å². The summed E-state index contributed by atoms with van der Waals surface area (Å²) in [7, 11) is 0. The first-order valence-electron chi connectivity index (χ1n) is 5.81. The summed E-state index contributed by atoms with van der Waals surface area (Å²) in [6, 6.07) is -0.532. The van der Waals surface area contributed by atoms with E-state index in [1.54, 1.807) is 0 Å². The molecule has 0 aromatic carbocycles. The Kier molecular flexibility index (Phi) is 2.61. The molecule has 0 saturated carbocycles. The molecule has 4 N–H and O–H groups in total. The highest BCUT2D eigenvalue weighted by atomic mass is 16.2. The van der Waals surface area contributed by atoms with Crippen LogP contribution >= 0.6 is 0 Å². The molecule has 18 heavy (non-hydrogen) atoms.